The number of methoxy groups -OCH3 is 1. The molecule has 8 nitrogen and oxygen atoms in total. The average Bonchev–Trinajstić information content (AvgIpc) is 2.67. The van der Waals surface area contributed by atoms with Crippen LogP contribution in [0.15, 0.2) is 53.6 Å². The van der Waals surface area contributed by atoms with Crippen LogP contribution < -0.4 is 20.2 Å². The second-order valence-corrected chi connectivity index (χ2v) is 5.54. The van der Waals surface area contributed by atoms with Crippen LogP contribution in [0.4, 0.5) is 5.69 Å². The van der Waals surface area contributed by atoms with Crippen LogP contribution in [-0.4, -0.2) is 43.0 Å². The summed E-state index contributed by atoms with van der Waals surface area (Å²) in [6, 6.07) is 13.8. The largest absolute Gasteiger partial charge is 0.497 e. The highest BCUT2D eigenvalue weighted by atomic mass is 16.5. The highest BCUT2D eigenvalue weighted by Gasteiger charge is 2.06. The lowest BCUT2D eigenvalue weighted by Gasteiger charge is -2.08. The molecule has 0 heterocycles. The highest BCUT2D eigenvalue weighted by Crippen LogP contribution is 2.15. The summed E-state index contributed by atoms with van der Waals surface area (Å²) in [7, 11) is 1.57. The normalized spacial score (nSPS) is 11.7. The fourth-order valence-electron chi connectivity index (χ4n) is 1.93. The second kappa shape index (κ2) is 9.93. The van der Waals surface area contributed by atoms with Gasteiger partial charge in [0.2, 0.25) is 0 Å². The molecule has 0 fully saturated rings. The van der Waals surface area contributed by atoms with E-state index in [-0.39, 0.29) is 12.5 Å². The van der Waals surface area contributed by atoms with E-state index in [1.54, 1.807) is 55.6 Å². The van der Waals surface area contributed by atoms with Gasteiger partial charge in [-0.05, 0) is 61.0 Å². The maximum atomic E-state index is 11.9. The Morgan fingerprint density at radius 2 is 1.74 bits per heavy atom. The summed E-state index contributed by atoms with van der Waals surface area (Å²) < 4.78 is 10.5. The van der Waals surface area contributed by atoms with E-state index < -0.39 is 12.0 Å². The average molecular weight is 371 g/mol. The van der Waals surface area contributed by atoms with Crippen LogP contribution in [0.1, 0.15) is 12.5 Å². The molecule has 0 radical (unpaired) electrons. The summed E-state index contributed by atoms with van der Waals surface area (Å²) in [5.41, 5.74) is 3.57. The van der Waals surface area contributed by atoms with Gasteiger partial charge < -0.3 is 19.9 Å². The standard InChI is InChI=1S/C19H21N3O5/c1-13(23)19(25)22-20-11-14-3-7-17(8-4-14)27-12-18(24)21-15-5-9-16(26-2)10-6-15/h3-11,13,23H,12H2,1-2H3,(H,21,24)(H,22,25)/b20-11-/t13-/m0/s1. The minimum atomic E-state index is -1.12. The fourth-order valence-corrected chi connectivity index (χ4v) is 1.93. The van der Waals surface area contributed by atoms with Gasteiger partial charge in [-0.15, -0.1) is 0 Å². The molecule has 0 saturated heterocycles. The molecule has 2 amide bonds. The first-order valence-electron chi connectivity index (χ1n) is 8.15. The third kappa shape index (κ3) is 6.79. The molecular weight excluding hydrogens is 350 g/mol. The Kier molecular flexibility index (Phi) is 7.33. The Morgan fingerprint density at radius 3 is 2.33 bits per heavy atom. The van der Waals surface area contributed by atoms with Crippen molar-refractivity contribution in [3.8, 4) is 11.5 Å². The SMILES string of the molecule is COc1ccc(NC(=O)COc2ccc(/C=N\NC(=O)[C@H](C)O)cc2)cc1. The van der Waals surface area contributed by atoms with Crippen molar-refractivity contribution in [1.29, 1.82) is 0 Å². The summed E-state index contributed by atoms with van der Waals surface area (Å²) in [5, 5.41) is 15.5. The van der Waals surface area contributed by atoms with Gasteiger partial charge in [-0.2, -0.15) is 5.10 Å². The quantitative estimate of drug-likeness (QED) is 0.482. The summed E-state index contributed by atoms with van der Waals surface area (Å²) in [6.45, 7) is 1.21. The van der Waals surface area contributed by atoms with E-state index in [4.69, 9.17) is 14.6 Å². The minimum absolute atomic E-state index is 0.135. The molecule has 2 rings (SSSR count). The van der Waals surface area contributed by atoms with Crippen molar-refractivity contribution < 1.29 is 24.2 Å². The molecule has 27 heavy (non-hydrogen) atoms. The third-order valence-electron chi connectivity index (χ3n) is 3.39. The lowest BCUT2D eigenvalue weighted by molar-refractivity contribution is -0.128. The molecule has 0 aliphatic rings. The molecule has 0 unspecified atom stereocenters. The van der Waals surface area contributed by atoms with Crippen LogP contribution in [-0.2, 0) is 9.59 Å². The van der Waals surface area contributed by atoms with Crippen molar-refractivity contribution in [1.82, 2.24) is 5.43 Å². The van der Waals surface area contributed by atoms with Gasteiger partial charge in [0.25, 0.3) is 11.8 Å². The number of nitrogens with one attached hydrogen (secondary N) is 2. The van der Waals surface area contributed by atoms with Crippen molar-refractivity contribution >= 4 is 23.7 Å². The number of anilines is 1. The zero-order chi connectivity index (χ0) is 19.6. The molecule has 0 spiro atoms. The van der Waals surface area contributed by atoms with Crippen molar-refractivity contribution in [2.45, 2.75) is 13.0 Å². The van der Waals surface area contributed by atoms with Crippen molar-refractivity contribution in [2.75, 3.05) is 19.0 Å². The van der Waals surface area contributed by atoms with Crippen LogP contribution in [0.2, 0.25) is 0 Å². The summed E-state index contributed by atoms with van der Waals surface area (Å²) in [6.07, 6.45) is 0.308. The molecule has 0 aromatic heterocycles. The van der Waals surface area contributed by atoms with Crippen molar-refractivity contribution in [3.05, 3.63) is 54.1 Å². The van der Waals surface area contributed by atoms with Gasteiger partial charge >= 0.3 is 0 Å². The Morgan fingerprint density at radius 1 is 1.11 bits per heavy atom. The van der Waals surface area contributed by atoms with E-state index in [9.17, 15) is 9.59 Å². The molecule has 3 N–H and O–H groups in total. The van der Waals surface area contributed by atoms with E-state index in [0.717, 1.165) is 5.56 Å². The number of nitrogens with zero attached hydrogens (tertiary/aromatic N) is 1. The van der Waals surface area contributed by atoms with Gasteiger partial charge in [-0.3, -0.25) is 9.59 Å². The molecule has 1 atom stereocenters. The van der Waals surface area contributed by atoms with Crippen LogP contribution in [0.5, 0.6) is 11.5 Å². The Bertz CT molecular complexity index is 786. The number of hydrogen-bond acceptors (Lipinski definition) is 6. The zero-order valence-corrected chi connectivity index (χ0v) is 15.0. The topological polar surface area (TPSA) is 109 Å². The van der Waals surface area contributed by atoms with E-state index in [1.165, 1.54) is 13.1 Å². The summed E-state index contributed by atoms with van der Waals surface area (Å²) in [4.78, 5) is 23.1. The first kappa shape index (κ1) is 19.9. The third-order valence-corrected chi connectivity index (χ3v) is 3.39. The molecule has 142 valence electrons. The molecular formula is C19H21N3O5. The van der Waals surface area contributed by atoms with Crippen LogP contribution in [0.25, 0.3) is 0 Å². The Balaban J connectivity index is 1.79. The lowest BCUT2D eigenvalue weighted by atomic mass is 10.2. The van der Waals surface area contributed by atoms with Gasteiger partial charge in [0.15, 0.2) is 6.61 Å². The fraction of sp³-hybridized carbons (Fsp3) is 0.211. The predicted octanol–water partition coefficient (Wildman–Crippen LogP) is 1.54. The van der Waals surface area contributed by atoms with Crippen molar-refractivity contribution in [3.63, 3.8) is 0 Å². The first-order chi connectivity index (χ1) is 13.0. The number of amides is 2. The number of benzene rings is 2. The molecule has 2 aromatic rings. The highest BCUT2D eigenvalue weighted by molar-refractivity contribution is 5.92. The molecule has 2 aromatic carbocycles. The summed E-state index contributed by atoms with van der Waals surface area (Å²) >= 11 is 0. The van der Waals surface area contributed by atoms with E-state index in [1.807, 2.05) is 0 Å². The van der Waals surface area contributed by atoms with E-state index >= 15 is 0 Å². The van der Waals surface area contributed by atoms with Gasteiger partial charge in [0.05, 0.1) is 13.3 Å². The molecule has 0 bridgehead atoms. The Hall–Kier alpha value is -3.39. The minimum Gasteiger partial charge on any atom is -0.497 e. The smallest absolute Gasteiger partial charge is 0.268 e. The van der Waals surface area contributed by atoms with Gasteiger partial charge in [0.1, 0.15) is 17.6 Å². The number of aliphatic hydroxyl groups excluding tert-OH is 1. The van der Waals surface area contributed by atoms with Crippen LogP contribution in [0, 0.1) is 0 Å². The number of rotatable bonds is 8. The maximum Gasteiger partial charge on any atom is 0.268 e. The Labute approximate surface area is 156 Å². The summed E-state index contributed by atoms with van der Waals surface area (Å²) in [5.74, 6) is 0.351. The van der Waals surface area contributed by atoms with Gasteiger partial charge in [-0.25, -0.2) is 5.43 Å². The number of ether oxygens (including phenoxy) is 2. The first-order valence-corrected chi connectivity index (χ1v) is 8.15. The van der Waals surface area contributed by atoms with Crippen LogP contribution >= 0.6 is 0 Å². The predicted molar refractivity (Wildman–Crippen MR) is 101 cm³/mol. The number of carbonyl (C=O) groups excluding carboxylic acids is 2. The van der Waals surface area contributed by atoms with E-state index in [0.29, 0.717) is 17.2 Å². The monoisotopic (exact) mass is 371 g/mol. The van der Waals surface area contributed by atoms with Gasteiger partial charge in [-0.1, -0.05) is 0 Å². The van der Waals surface area contributed by atoms with Crippen LogP contribution in [0.3, 0.4) is 0 Å². The number of carbonyl (C=O) groups is 2. The van der Waals surface area contributed by atoms with E-state index in [2.05, 4.69) is 15.8 Å². The molecule has 0 aliphatic carbocycles. The lowest BCUT2D eigenvalue weighted by Crippen LogP contribution is -2.28. The number of hydrogen-bond donors (Lipinski definition) is 3. The van der Waals surface area contributed by atoms with Crippen molar-refractivity contribution in [2.24, 2.45) is 5.10 Å². The van der Waals surface area contributed by atoms with Gasteiger partial charge in [0, 0.05) is 5.69 Å². The molecule has 8 heteroatoms. The number of aliphatic hydroxyl groups is 1. The zero-order valence-electron chi connectivity index (χ0n) is 15.0. The molecule has 0 saturated carbocycles. The number of hydrazone groups is 1. The maximum absolute atomic E-state index is 11.9. The second-order valence-electron chi connectivity index (χ2n) is 5.54. The molecule has 0 aliphatic heterocycles.